The van der Waals surface area contributed by atoms with E-state index in [1.165, 1.54) is 0 Å². The molecule has 1 N–H and O–H groups in total. The average molecular weight is 260 g/mol. The van der Waals surface area contributed by atoms with Crippen molar-refractivity contribution < 1.29 is 14.6 Å². The predicted molar refractivity (Wildman–Crippen MR) is 77.3 cm³/mol. The molecule has 0 spiro atoms. The molecule has 0 radical (unpaired) electrons. The number of carbonyl (C=O) groups is 1. The van der Waals surface area contributed by atoms with Crippen LogP contribution in [-0.2, 0) is 4.79 Å². The Kier molecular flexibility index (Phi) is 7.10. The molecule has 0 fully saturated rings. The van der Waals surface area contributed by atoms with Crippen LogP contribution in [0.2, 0.25) is 0 Å². The second-order valence-corrected chi connectivity index (χ2v) is 4.20. The highest BCUT2D eigenvalue weighted by molar-refractivity contribution is 5.70. The predicted octanol–water partition coefficient (Wildman–Crippen LogP) is 3.91. The number of unbranched alkanes of at least 4 members (excludes halogenated alkanes) is 2. The number of aliphatic carboxylic acids is 1. The van der Waals surface area contributed by atoms with Gasteiger partial charge >= 0.3 is 5.97 Å². The Morgan fingerprint density at radius 1 is 1.26 bits per heavy atom. The summed E-state index contributed by atoms with van der Waals surface area (Å²) in [5.41, 5.74) is 0.972. The molecule has 0 aliphatic heterocycles. The zero-order chi connectivity index (χ0) is 13.9. The zero-order valence-electron chi connectivity index (χ0n) is 11.0. The fourth-order valence-electron chi connectivity index (χ4n) is 1.55. The minimum Gasteiger partial charge on any atom is -0.494 e. The monoisotopic (exact) mass is 260 g/mol. The number of hydrogen-bond donors (Lipinski definition) is 1. The molecule has 3 heteroatoms. The lowest BCUT2D eigenvalue weighted by Gasteiger charge is -2.05. The fraction of sp³-hybridized carbons (Fsp3) is 0.312. The van der Waals surface area contributed by atoms with Gasteiger partial charge in [0.2, 0.25) is 0 Å². The molecule has 102 valence electrons. The molecule has 1 aromatic rings. The molecule has 0 amide bonds. The molecule has 0 saturated heterocycles. The van der Waals surface area contributed by atoms with Crippen LogP contribution in [0.25, 0.3) is 6.08 Å². The van der Waals surface area contributed by atoms with Crippen molar-refractivity contribution in [2.45, 2.75) is 25.7 Å². The van der Waals surface area contributed by atoms with Gasteiger partial charge in [0.25, 0.3) is 0 Å². The molecular formula is C16H20O3. The molecule has 1 rings (SSSR count). The van der Waals surface area contributed by atoms with Crippen LogP contribution in [0, 0.1) is 0 Å². The Morgan fingerprint density at radius 3 is 2.63 bits per heavy atom. The number of carboxylic acids is 1. The largest absolute Gasteiger partial charge is 0.494 e. The highest BCUT2D eigenvalue weighted by Crippen LogP contribution is 2.14. The summed E-state index contributed by atoms with van der Waals surface area (Å²) >= 11 is 0. The maximum atomic E-state index is 10.4. The number of benzene rings is 1. The Morgan fingerprint density at radius 2 is 2.00 bits per heavy atom. The van der Waals surface area contributed by atoms with Gasteiger partial charge in [-0.15, -0.1) is 6.58 Å². The summed E-state index contributed by atoms with van der Waals surface area (Å²) in [6.45, 7) is 4.39. The molecule has 0 saturated carbocycles. The first-order valence-electron chi connectivity index (χ1n) is 6.44. The summed E-state index contributed by atoms with van der Waals surface area (Å²) in [4.78, 5) is 10.4. The van der Waals surface area contributed by atoms with Crippen LogP contribution in [0.1, 0.15) is 31.2 Å². The average Bonchev–Trinajstić information content (AvgIpc) is 2.40. The van der Waals surface area contributed by atoms with Crippen molar-refractivity contribution in [3.05, 3.63) is 48.6 Å². The first-order chi connectivity index (χ1) is 9.22. The van der Waals surface area contributed by atoms with Gasteiger partial charge in [-0.3, -0.25) is 4.79 Å². The highest BCUT2D eigenvalue weighted by Gasteiger charge is 1.94. The molecule has 0 atom stereocenters. The van der Waals surface area contributed by atoms with Crippen molar-refractivity contribution >= 4 is 12.0 Å². The van der Waals surface area contributed by atoms with Crippen molar-refractivity contribution in [1.82, 2.24) is 0 Å². The molecule has 0 aliphatic carbocycles. The SMILES string of the molecule is C=CCCCCOc1ccc(/C=C/CC(=O)O)cc1. The van der Waals surface area contributed by atoms with Crippen molar-refractivity contribution in [3.8, 4) is 5.75 Å². The van der Waals surface area contributed by atoms with Crippen LogP contribution in [0.4, 0.5) is 0 Å². The normalized spacial score (nSPS) is 10.5. The Balaban J connectivity index is 2.32. The van der Waals surface area contributed by atoms with E-state index < -0.39 is 5.97 Å². The number of rotatable bonds is 9. The molecule has 3 nitrogen and oxygen atoms in total. The number of allylic oxidation sites excluding steroid dienone is 1. The zero-order valence-corrected chi connectivity index (χ0v) is 11.0. The minimum atomic E-state index is -0.823. The van der Waals surface area contributed by atoms with Crippen LogP contribution in [-0.4, -0.2) is 17.7 Å². The highest BCUT2D eigenvalue weighted by atomic mass is 16.5. The van der Waals surface area contributed by atoms with Gasteiger partial charge in [-0.1, -0.05) is 30.4 Å². The van der Waals surface area contributed by atoms with E-state index in [4.69, 9.17) is 9.84 Å². The van der Waals surface area contributed by atoms with E-state index >= 15 is 0 Å². The number of hydrogen-bond acceptors (Lipinski definition) is 2. The summed E-state index contributed by atoms with van der Waals surface area (Å²) in [6, 6.07) is 7.62. The number of ether oxygens (including phenoxy) is 1. The van der Waals surface area contributed by atoms with E-state index in [2.05, 4.69) is 6.58 Å². The van der Waals surface area contributed by atoms with Crippen molar-refractivity contribution in [3.63, 3.8) is 0 Å². The third kappa shape index (κ3) is 7.09. The molecule has 19 heavy (non-hydrogen) atoms. The summed E-state index contributed by atoms with van der Waals surface area (Å²) in [5.74, 6) is 0.0183. The lowest BCUT2D eigenvalue weighted by molar-refractivity contribution is -0.135. The molecular weight excluding hydrogens is 240 g/mol. The second kappa shape index (κ2) is 8.97. The third-order valence-corrected chi connectivity index (χ3v) is 2.55. The summed E-state index contributed by atoms with van der Waals surface area (Å²) in [7, 11) is 0. The van der Waals surface area contributed by atoms with Gasteiger partial charge in [0.05, 0.1) is 13.0 Å². The van der Waals surface area contributed by atoms with E-state index in [9.17, 15) is 4.79 Å². The van der Waals surface area contributed by atoms with Gasteiger partial charge in [0, 0.05) is 0 Å². The Bertz CT molecular complexity index is 418. The van der Waals surface area contributed by atoms with E-state index in [1.54, 1.807) is 12.2 Å². The lowest BCUT2D eigenvalue weighted by Crippen LogP contribution is -1.96. The lowest BCUT2D eigenvalue weighted by atomic mass is 10.2. The maximum Gasteiger partial charge on any atom is 0.307 e. The molecule has 0 aliphatic rings. The molecule has 0 heterocycles. The summed E-state index contributed by atoms with van der Waals surface area (Å²) in [5, 5.41) is 8.52. The van der Waals surface area contributed by atoms with Crippen LogP contribution >= 0.6 is 0 Å². The number of carboxylic acid groups (broad SMARTS) is 1. The van der Waals surface area contributed by atoms with E-state index in [-0.39, 0.29) is 6.42 Å². The molecule has 0 unspecified atom stereocenters. The summed E-state index contributed by atoms with van der Waals surface area (Å²) < 4.78 is 5.60. The second-order valence-electron chi connectivity index (χ2n) is 4.20. The fourth-order valence-corrected chi connectivity index (χ4v) is 1.55. The Labute approximate surface area is 114 Å². The van der Waals surface area contributed by atoms with Crippen LogP contribution in [0.3, 0.4) is 0 Å². The Hall–Kier alpha value is -2.03. The topological polar surface area (TPSA) is 46.5 Å². The van der Waals surface area contributed by atoms with Gasteiger partial charge in [0.15, 0.2) is 0 Å². The maximum absolute atomic E-state index is 10.4. The smallest absolute Gasteiger partial charge is 0.307 e. The first-order valence-corrected chi connectivity index (χ1v) is 6.44. The van der Waals surface area contributed by atoms with Gasteiger partial charge in [-0.2, -0.15) is 0 Å². The van der Waals surface area contributed by atoms with Crippen LogP contribution in [0.15, 0.2) is 43.0 Å². The van der Waals surface area contributed by atoms with Gasteiger partial charge in [-0.25, -0.2) is 0 Å². The molecule has 0 aromatic heterocycles. The molecule has 0 bridgehead atoms. The quantitative estimate of drug-likeness (QED) is 0.541. The van der Waals surface area contributed by atoms with Gasteiger partial charge in [-0.05, 0) is 37.0 Å². The summed E-state index contributed by atoms with van der Waals surface area (Å²) in [6.07, 6.45) is 8.53. The van der Waals surface area contributed by atoms with E-state index in [0.29, 0.717) is 6.61 Å². The van der Waals surface area contributed by atoms with Crippen molar-refractivity contribution in [2.24, 2.45) is 0 Å². The van der Waals surface area contributed by atoms with Gasteiger partial charge in [0.1, 0.15) is 5.75 Å². The first kappa shape index (κ1) is 15.0. The third-order valence-electron chi connectivity index (χ3n) is 2.55. The van der Waals surface area contributed by atoms with Crippen molar-refractivity contribution in [1.29, 1.82) is 0 Å². The van der Waals surface area contributed by atoms with Crippen molar-refractivity contribution in [2.75, 3.05) is 6.61 Å². The molecule has 1 aromatic carbocycles. The van der Waals surface area contributed by atoms with Gasteiger partial charge < -0.3 is 9.84 Å². The van der Waals surface area contributed by atoms with Crippen LogP contribution < -0.4 is 4.74 Å². The minimum absolute atomic E-state index is 0.0432. The van der Waals surface area contributed by atoms with E-state index in [1.807, 2.05) is 30.3 Å². The van der Waals surface area contributed by atoms with E-state index in [0.717, 1.165) is 30.6 Å². The van der Waals surface area contributed by atoms with Crippen LogP contribution in [0.5, 0.6) is 5.75 Å². The standard InChI is InChI=1S/C16H20O3/c1-2-3-4-5-13-19-15-11-9-14(10-12-15)7-6-8-16(17)18/h2,6-7,9-12H,1,3-5,8,13H2,(H,17,18)/b7-6+.